The largest absolute Gasteiger partial charge is 0.468 e. The molecular weight excluding hydrogens is 248 g/mol. The molecule has 0 aromatic carbocycles. The summed E-state index contributed by atoms with van der Waals surface area (Å²) in [6, 6.07) is 1.72. The van der Waals surface area contributed by atoms with E-state index in [0.717, 1.165) is 0 Å². The lowest BCUT2D eigenvalue weighted by atomic mass is 10.1. The van der Waals surface area contributed by atoms with Crippen LogP contribution < -0.4 is 5.56 Å². The van der Waals surface area contributed by atoms with Crippen LogP contribution in [0.25, 0.3) is 0 Å². The number of likely N-dealkylation sites (N-methyl/N-ethyl adjacent to an activating group) is 1. The van der Waals surface area contributed by atoms with Gasteiger partial charge in [0.25, 0.3) is 11.5 Å². The summed E-state index contributed by atoms with van der Waals surface area (Å²) in [4.78, 5) is 39.2. The Hall–Kier alpha value is -2.11. The number of pyridine rings is 1. The molecule has 0 bridgehead atoms. The summed E-state index contributed by atoms with van der Waals surface area (Å²) >= 11 is 0. The van der Waals surface area contributed by atoms with Gasteiger partial charge in [-0.3, -0.25) is 14.4 Å². The zero-order valence-corrected chi connectivity index (χ0v) is 11.6. The second-order valence-corrected chi connectivity index (χ2v) is 4.23. The molecule has 0 aliphatic carbocycles. The fourth-order valence-corrected chi connectivity index (χ4v) is 1.83. The van der Waals surface area contributed by atoms with Gasteiger partial charge in [-0.05, 0) is 32.4 Å². The van der Waals surface area contributed by atoms with Gasteiger partial charge in [-0.2, -0.15) is 0 Å². The fraction of sp³-hybridized carbons (Fsp3) is 0.462. The smallest absolute Gasteiger partial charge is 0.325 e. The number of aromatic nitrogens is 1. The van der Waals surface area contributed by atoms with Crippen molar-refractivity contribution in [3.05, 3.63) is 33.2 Å². The first-order valence-corrected chi connectivity index (χ1v) is 5.97. The van der Waals surface area contributed by atoms with Crippen LogP contribution in [0.5, 0.6) is 0 Å². The minimum absolute atomic E-state index is 0.0661. The average Bonchev–Trinajstić information content (AvgIpc) is 2.33. The Balaban J connectivity index is 3.11. The first-order chi connectivity index (χ1) is 8.90. The second-order valence-electron chi connectivity index (χ2n) is 4.23. The Morgan fingerprint density at radius 3 is 2.47 bits per heavy atom. The van der Waals surface area contributed by atoms with Gasteiger partial charge in [0.1, 0.15) is 12.1 Å². The highest BCUT2D eigenvalue weighted by molar-refractivity contribution is 5.96. The number of ether oxygens (including phenoxy) is 1. The van der Waals surface area contributed by atoms with Crippen LogP contribution >= 0.6 is 0 Å². The van der Waals surface area contributed by atoms with E-state index in [1.807, 2.05) is 0 Å². The third kappa shape index (κ3) is 3.43. The molecule has 0 fully saturated rings. The molecule has 0 spiro atoms. The number of esters is 1. The van der Waals surface area contributed by atoms with Crippen LogP contribution in [0.15, 0.2) is 10.9 Å². The van der Waals surface area contributed by atoms with Crippen molar-refractivity contribution in [3.63, 3.8) is 0 Å². The zero-order chi connectivity index (χ0) is 14.6. The standard InChI is InChI=1S/C13H18N2O4/c1-5-15(7-10(16)19-4)13(18)11-8(2)6-9(3)14-12(11)17/h6H,5,7H2,1-4H3,(H,14,17). The molecular formula is C13H18N2O4. The van der Waals surface area contributed by atoms with Crippen LogP contribution in [0.2, 0.25) is 0 Å². The molecule has 1 amide bonds. The van der Waals surface area contributed by atoms with Crippen molar-refractivity contribution in [1.29, 1.82) is 0 Å². The Labute approximate surface area is 111 Å². The van der Waals surface area contributed by atoms with E-state index >= 15 is 0 Å². The van der Waals surface area contributed by atoms with Crippen molar-refractivity contribution in [1.82, 2.24) is 9.88 Å². The molecule has 0 unspecified atom stereocenters. The molecule has 1 heterocycles. The SMILES string of the molecule is CCN(CC(=O)OC)C(=O)c1c(C)cc(C)[nH]c1=O. The van der Waals surface area contributed by atoms with Crippen LogP contribution in [0.4, 0.5) is 0 Å². The van der Waals surface area contributed by atoms with E-state index in [1.54, 1.807) is 26.8 Å². The van der Waals surface area contributed by atoms with Gasteiger partial charge in [0.2, 0.25) is 0 Å². The van der Waals surface area contributed by atoms with Crippen molar-refractivity contribution < 1.29 is 14.3 Å². The van der Waals surface area contributed by atoms with Crippen molar-refractivity contribution >= 4 is 11.9 Å². The highest BCUT2D eigenvalue weighted by atomic mass is 16.5. The van der Waals surface area contributed by atoms with Crippen molar-refractivity contribution in [2.24, 2.45) is 0 Å². The molecule has 1 rings (SSSR count). The van der Waals surface area contributed by atoms with E-state index in [0.29, 0.717) is 17.8 Å². The normalized spacial score (nSPS) is 10.1. The molecule has 0 saturated carbocycles. The summed E-state index contributed by atoms with van der Waals surface area (Å²) < 4.78 is 4.53. The highest BCUT2D eigenvalue weighted by Gasteiger charge is 2.22. The van der Waals surface area contributed by atoms with Crippen molar-refractivity contribution in [2.75, 3.05) is 20.2 Å². The van der Waals surface area contributed by atoms with E-state index in [2.05, 4.69) is 9.72 Å². The number of carbonyl (C=O) groups excluding carboxylic acids is 2. The number of carbonyl (C=O) groups is 2. The van der Waals surface area contributed by atoms with Gasteiger partial charge in [-0.25, -0.2) is 0 Å². The minimum atomic E-state index is -0.517. The molecule has 6 heteroatoms. The molecule has 0 aliphatic rings. The predicted molar refractivity (Wildman–Crippen MR) is 70.1 cm³/mol. The summed E-state index contributed by atoms with van der Waals surface area (Å²) in [5, 5.41) is 0. The highest BCUT2D eigenvalue weighted by Crippen LogP contribution is 2.07. The molecule has 1 aromatic heterocycles. The first-order valence-electron chi connectivity index (χ1n) is 5.97. The number of hydrogen-bond acceptors (Lipinski definition) is 4. The first kappa shape index (κ1) is 14.9. The van der Waals surface area contributed by atoms with Crippen LogP contribution in [0.1, 0.15) is 28.5 Å². The maximum Gasteiger partial charge on any atom is 0.325 e. The summed E-state index contributed by atoms with van der Waals surface area (Å²) in [7, 11) is 1.25. The number of nitrogens with zero attached hydrogens (tertiary/aromatic N) is 1. The molecule has 0 atom stereocenters. The van der Waals surface area contributed by atoms with Crippen molar-refractivity contribution in [3.8, 4) is 0 Å². The van der Waals surface area contributed by atoms with Gasteiger partial charge >= 0.3 is 5.97 Å². The second kappa shape index (κ2) is 6.17. The van der Waals surface area contributed by atoms with Crippen LogP contribution in [0.3, 0.4) is 0 Å². The lowest BCUT2D eigenvalue weighted by Gasteiger charge is -2.20. The molecule has 19 heavy (non-hydrogen) atoms. The average molecular weight is 266 g/mol. The van der Waals surface area contributed by atoms with E-state index in [-0.39, 0.29) is 12.1 Å². The molecule has 6 nitrogen and oxygen atoms in total. The number of hydrogen-bond donors (Lipinski definition) is 1. The summed E-state index contributed by atoms with van der Waals surface area (Å²) in [6.07, 6.45) is 0. The lowest BCUT2D eigenvalue weighted by Crippen LogP contribution is -2.39. The number of rotatable bonds is 4. The van der Waals surface area contributed by atoms with E-state index in [4.69, 9.17) is 0 Å². The topological polar surface area (TPSA) is 79.5 Å². The molecule has 104 valence electrons. The number of methoxy groups -OCH3 is 1. The molecule has 0 aliphatic heterocycles. The monoisotopic (exact) mass is 266 g/mol. The maximum absolute atomic E-state index is 12.3. The van der Waals surface area contributed by atoms with Gasteiger partial charge < -0.3 is 14.6 Å². The van der Waals surface area contributed by atoms with Crippen LogP contribution in [0, 0.1) is 13.8 Å². The van der Waals surface area contributed by atoms with E-state index in [9.17, 15) is 14.4 Å². The zero-order valence-electron chi connectivity index (χ0n) is 11.6. The Morgan fingerprint density at radius 1 is 1.37 bits per heavy atom. The van der Waals surface area contributed by atoms with Gasteiger partial charge in [-0.1, -0.05) is 0 Å². The van der Waals surface area contributed by atoms with Crippen LogP contribution in [-0.4, -0.2) is 42.0 Å². The minimum Gasteiger partial charge on any atom is -0.468 e. The van der Waals surface area contributed by atoms with Crippen molar-refractivity contribution in [2.45, 2.75) is 20.8 Å². The Bertz CT molecular complexity index is 548. The Kier molecular flexibility index (Phi) is 4.86. The van der Waals surface area contributed by atoms with E-state index in [1.165, 1.54) is 12.0 Å². The fourth-order valence-electron chi connectivity index (χ4n) is 1.83. The van der Waals surface area contributed by atoms with Gasteiger partial charge in [-0.15, -0.1) is 0 Å². The molecule has 0 saturated heterocycles. The Morgan fingerprint density at radius 2 is 2.00 bits per heavy atom. The van der Waals surface area contributed by atoms with Crippen LogP contribution in [-0.2, 0) is 9.53 Å². The summed E-state index contributed by atoms with van der Waals surface area (Å²) in [5.41, 5.74) is 0.909. The third-order valence-corrected chi connectivity index (χ3v) is 2.80. The lowest BCUT2D eigenvalue weighted by molar-refractivity contribution is -0.141. The molecule has 1 aromatic rings. The number of nitrogens with one attached hydrogen (secondary N) is 1. The van der Waals surface area contributed by atoms with Gasteiger partial charge in [0.05, 0.1) is 7.11 Å². The third-order valence-electron chi connectivity index (χ3n) is 2.80. The van der Waals surface area contributed by atoms with Gasteiger partial charge in [0, 0.05) is 12.2 Å². The summed E-state index contributed by atoms with van der Waals surface area (Å²) in [5.74, 6) is -0.983. The quantitative estimate of drug-likeness (QED) is 0.810. The number of aromatic amines is 1. The maximum atomic E-state index is 12.3. The number of amides is 1. The number of H-pyrrole nitrogens is 1. The van der Waals surface area contributed by atoms with Gasteiger partial charge in [0.15, 0.2) is 0 Å². The van der Waals surface area contributed by atoms with E-state index < -0.39 is 17.4 Å². The predicted octanol–water partition coefficient (Wildman–Crippen LogP) is 0.627. The summed E-state index contributed by atoms with van der Waals surface area (Å²) in [6.45, 7) is 5.33. The number of aryl methyl sites for hydroxylation is 2. The molecule has 1 N–H and O–H groups in total. The molecule has 0 radical (unpaired) electrons.